The number of primary amides is 1. The summed E-state index contributed by atoms with van der Waals surface area (Å²) >= 11 is 1.36. The zero-order chi connectivity index (χ0) is 28.1. The first kappa shape index (κ1) is 27.0. The Kier molecular flexibility index (Phi) is 8.16. The largest absolute Gasteiger partial charge is 0.448 e. The zero-order valence-corrected chi connectivity index (χ0v) is 22.2. The molecule has 0 aliphatic carbocycles. The lowest BCUT2D eigenvalue weighted by Crippen LogP contribution is -2.70. The summed E-state index contributed by atoms with van der Waals surface area (Å²) in [7, 11) is 0. The van der Waals surface area contributed by atoms with Crippen LogP contribution in [0.4, 0.5) is 4.79 Å². The average molecular weight is 558 g/mol. The van der Waals surface area contributed by atoms with Gasteiger partial charge in [0.05, 0.1) is 6.42 Å². The average Bonchev–Trinajstić information content (AvgIpc) is 2.98. The van der Waals surface area contributed by atoms with Gasteiger partial charge >= 0.3 is 12.1 Å². The van der Waals surface area contributed by atoms with Crippen molar-refractivity contribution in [1.82, 2.24) is 10.2 Å². The maximum atomic E-state index is 13.8. The number of carbonyl (C=O) groups is 4. The fraction of sp³-hybridized carbons (Fsp3) is 0.200. The van der Waals surface area contributed by atoms with Gasteiger partial charge in [-0.05, 0) is 16.7 Å². The number of nitrogens with zero attached hydrogens (tertiary/aromatic N) is 1. The van der Waals surface area contributed by atoms with Crippen LogP contribution in [0.15, 0.2) is 102 Å². The molecule has 2 aliphatic rings. The predicted molar refractivity (Wildman–Crippen MR) is 149 cm³/mol. The summed E-state index contributed by atoms with van der Waals surface area (Å²) in [5.41, 5.74) is 7.89. The van der Waals surface area contributed by atoms with E-state index in [1.165, 1.54) is 16.7 Å². The molecule has 2 aliphatic heterocycles. The predicted octanol–water partition coefficient (Wildman–Crippen LogP) is 3.31. The topological polar surface area (TPSA) is 128 Å². The van der Waals surface area contributed by atoms with E-state index in [0.717, 1.165) is 16.7 Å². The minimum atomic E-state index is -1.00. The summed E-state index contributed by atoms with van der Waals surface area (Å²) in [6, 6.07) is 26.9. The molecule has 2 heterocycles. The van der Waals surface area contributed by atoms with Gasteiger partial charge in [-0.1, -0.05) is 91.0 Å². The van der Waals surface area contributed by atoms with Gasteiger partial charge in [0.1, 0.15) is 23.7 Å². The lowest BCUT2D eigenvalue weighted by molar-refractivity contribution is -0.154. The number of hydrogen-bond donors (Lipinski definition) is 2. The number of amides is 3. The smallest absolute Gasteiger partial charge is 0.404 e. The number of nitrogens with one attached hydrogen (secondary N) is 1. The molecule has 0 spiro atoms. The molecular weight excluding hydrogens is 530 g/mol. The van der Waals surface area contributed by atoms with E-state index in [1.807, 2.05) is 91.0 Å². The summed E-state index contributed by atoms with van der Waals surface area (Å²) in [5.74, 6) is -1.21. The van der Waals surface area contributed by atoms with Crippen LogP contribution < -0.4 is 11.1 Å². The van der Waals surface area contributed by atoms with Crippen molar-refractivity contribution in [2.45, 2.75) is 23.9 Å². The van der Waals surface area contributed by atoms with E-state index in [4.69, 9.17) is 15.2 Å². The number of ether oxygens (including phenoxy) is 2. The molecule has 10 heteroatoms. The van der Waals surface area contributed by atoms with Crippen LogP contribution in [0.1, 0.15) is 22.8 Å². The van der Waals surface area contributed by atoms with Crippen molar-refractivity contribution in [2.24, 2.45) is 5.73 Å². The highest BCUT2D eigenvalue weighted by atomic mass is 32.2. The fourth-order valence-corrected chi connectivity index (χ4v) is 6.02. The number of nitrogens with two attached hydrogens (primary N) is 1. The highest BCUT2D eigenvalue weighted by molar-refractivity contribution is 8.00. The maximum absolute atomic E-state index is 13.8. The Bertz CT molecular complexity index is 1390. The molecule has 0 saturated carbocycles. The second-order valence-corrected chi connectivity index (χ2v) is 10.4. The molecule has 5 rings (SSSR count). The Morgan fingerprint density at radius 3 is 2.08 bits per heavy atom. The summed E-state index contributed by atoms with van der Waals surface area (Å²) in [6.07, 6.45) is -1.62. The minimum Gasteiger partial charge on any atom is -0.448 e. The van der Waals surface area contributed by atoms with Gasteiger partial charge in [-0.2, -0.15) is 0 Å². The van der Waals surface area contributed by atoms with Gasteiger partial charge in [0.15, 0.2) is 6.10 Å². The molecule has 0 radical (unpaired) electrons. The van der Waals surface area contributed by atoms with Gasteiger partial charge in [-0.15, -0.1) is 11.8 Å². The van der Waals surface area contributed by atoms with E-state index in [2.05, 4.69) is 5.32 Å². The first-order valence-corrected chi connectivity index (χ1v) is 13.7. The molecule has 204 valence electrons. The Labute approximate surface area is 235 Å². The minimum absolute atomic E-state index is 0.000389. The molecular formula is C30H27N3O6S. The fourth-order valence-electron chi connectivity index (χ4n) is 4.69. The molecule has 1 fully saturated rings. The van der Waals surface area contributed by atoms with E-state index in [1.54, 1.807) is 0 Å². The van der Waals surface area contributed by atoms with Crippen LogP contribution in [0.25, 0.3) is 0 Å². The van der Waals surface area contributed by atoms with Crippen LogP contribution >= 0.6 is 11.8 Å². The summed E-state index contributed by atoms with van der Waals surface area (Å²) < 4.78 is 11.0. The lowest BCUT2D eigenvalue weighted by atomic mass is 10.0. The van der Waals surface area contributed by atoms with Gasteiger partial charge in [-0.25, -0.2) is 9.59 Å². The van der Waals surface area contributed by atoms with E-state index < -0.39 is 35.5 Å². The molecule has 40 heavy (non-hydrogen) atoms. The van der Waals surface area contributed by atoms with Crippen molar-refractivity contribution in [2.75, 3.05) is 12.4 Å². The number of thioether (sulfide) groups is 1. The Balaban J connectivity index is 1.39. The molecule has 9 nitrogen and oxygen atoms in total. The van der Waals surface area contributed by atoms with Crippen LogP contribution in [0.2, 0.25) is 0 Å². The molecule has 0 bridgehead atoms. The number of benzene rings is 3. The first-order valence-electron chi connectivity index (χ1n) is 12.7. The summed E-state index contributed by atoms with van der Waals surface area (Å²) in [4.78, 5) is 52.4. The number of fused-ring (bicyclic) bond motifs is 1. The Morgan fingerprint density at radius 2 is 1.50 bits per heavy atom. The first-order chi connectivity index (χ1) is 19.4. The number of β-lactam (4-membered cyclic amide) rings is 1. The molecule has 3 N–H and O–H groups in total. The van der Waals surface area contributed by atoms with Crippen LogP contribution in [-0.2, 0) is 30.3 Å². The van der Waals surface area contributed by atoms with Gasteiger partial charge in [0, 0.05) is 11.3 Å². The van der Waals surface area contributed by atoms with Crippen LogP contribution in [0.3, 0.4) is 0 Å². The van der Waals surface area contributed by atoms with Crippen molar-refractivity contribution in [3.63, 3.8) is 0 Å². The van der Waals surface area contributed by atoms with Crippen LogP contribution in [-0.4, -0.2) is 52.6 Å². The lowest BCUT2D eigenvalue weighted by Gasteiger charge is -2.49. The molecule has 1 unspecified atom stereocenters. The monoisotopic (exact) mass is 557 g/mol. The SMILES string of the molecule is NC(=O)OCC1=C(C(=O)OC(c2ccccc2)c2ccccc2)N2C(=O)C(NC(=O)Cc3ccccc3)[C@H]2SC1. The number of esters is 1. The van der Waals surface area contributed by atoms with Gasteiger partial charge in [0.25, 0.3) is 5.91 Å². The third kappa shape index (κ3) is 5.86. The normalized spacial score (nSPS) is 18.0. The molecule has 2 atom stereocenters. The second-order valence-electron chi connectivity index (χ2n) is 9.28. The molecule has 1 saturated heterocycles. The van der Waals surface area contributed by atoms with Crippen molar-refractivity contribution < 1.29 is 28.7 Å². The summed E-state index contributed by atoms with van der Waals surface area (Å²) in [6.45, 7) is -0.268. The molecule has 3 aromatic rings. The van der Waals surface area contributed by atoms with E-state index >= 15 is 0 Å². The molecule has 3 aromatic carbocycles. The summed E-state index contributed by atoms with van der Waals surface area (Å²) in [5, 5.41) is 2.28. The molecule has 0 aromatic heterocycles. The van der Waals surface area contributed by atoms with Crippen molar-refractivity contribution >= 4 is 35.6 Å². The van der Waals surface area contributed by atoms with Crippen molar-refractivity contribution in [3.8, 4) is 0 Å². The highest BCUT2D eigenvalue weighted by Gasteiger charge is 2.54. The van der Waals surface area contributed by atoms with Gasteiger partial charge in [0.2, 0.25) is 5.91 Å². The zero-order valence-electron chi connectivity index (χ0n) is 21.4. The van der Waals surface area contributed by atoms with Crippen LogP contribution in [0, 0.1) is 0 Å². The quantitative estimate of drug-likeness (QED) is 0.305. The van der Waals surface area contributed by atoms with E-state index in [0.29, 0.717) is 5.57 Å². The second kappa shape index (κ2) is 12.1. The van der Waals surface area contributed by atoms with Crippen molar-refractivity contribution in [1.29, 1.82) is 0 Å². The van der Waals surface area contributed by atoms with E-state index in [9.17, 15) is 19.2 Å². The number of carbonyl (C=O) groups excluding carboxylic acids is 4. The van der Waals surface area contributed by atoms with Crippen molar-refractivity contribution in [3.05, 3.63) is 119 Å². The molecule has 3 amide bonds. The highest BCUT2D eigenvalue weighted by Crippen LogP contribution is 2.41. The Morgan fingerprint density at radius 1 is 0.925 bits per heavy atom. The van der Waals surface area contributed by atoms with Gasteiger partial charge in [-0.3, -0.25) is 14.5 Å². The van der Waals surface area contributed by atoms with Crippen LogP contribution in [0.5, 0.6) is 0 Å². The standard InChI is InChI=1S/C30H27N3O6S/c31-30(37)38-17-22-18-40-28-24(32-23(34)16-19-10-4-1-5-11-19)27(35)33(28)25(22)29(36)39-26(20-12-6-2-7-13-20)21-14-8-3-9-15-21/h1-15,24,26,28H,16-18H2,(H2,31,37)(H,32,34)/t24?,28-/m1/s1. The number of rotatable bonds is 9. The third-order valence-electron chi connectivity index (χ3n) is 6.58. The van der Waals surface area contributed by atoms with E-state index in [-0.39, 0.29) is 30.4 Å². The number of hydrogen-bond acceptors (Lipinski definition) is 7. The Hall–Kier alpha value is -4.57. The van der Waals surface area contributed by atoms with Gasteiger partial charge < -0.3 is 20.5 Å². The third-order valence-corrected chi connectivity index (χ3v) is 7.92. The maximum Gasteiger partial charge on any atom is 0.404 e.